The number of pyridine rings is 1. The number of hydrogen-bond acceptors (Lipinski definition) is 4. The van der Waals surface area contributed by atoms with Crippen molar-refractivity contribution in [1.29, 1.82) is 0 Å². The van der Waals surface area contributed by atoms with Crippen LogP contribution in [0.15, 0.2) is 42.6 Å². The Bertz CT molecular complexity index is 814. The summed E-state index contributed by atoms with van der Waals surface area (Å²) in [6.07, 6.45) is 7.99. The molecule has 29 heavy (non-hydrogen) atoms. The topological polar surface area (TPSA) is 48.5 Å². The van der Waals surface area contributed by atoms with Crippen LogP contribution >= 0.6 is 0 Å². The molecule has 154 valence electrons. The van der Waals surface area contributed by atoms with Gasteiger partial charge in [0.25, 0.3) is 5.91 Å². The molecule has 3 heterocycles. The van der Waals surface area contributed by atoms with Crippen LogP contribution in [0.3, 0.4) is 0 Å². The molecule has 1 atom stereocenters. The molecular weight excluding hydrogens is 360 g/mol. The Hall–Kier alpha value is -2.40. The highest BCUT2D eigenvalue weighted by molar-refractivity contribution is 6.07. The van der Waals surface area contributed by atoms with Gasteiger partial charge in [0.2, 0.25) is 0 Å². The van der Waals surface area contributed by atoms with E-state index in [2.05, 4.69) is 39.2 Å². The molecule has 1 amide bonds. The quantitative estimate of drug-likeness (QED) is 0.811. The largest absolute Gasteiger partial charge is 0.356 e. The summed E-state index contributed by atoms with van der Waals surface area (Å²) in [6, 6.07) is 12.0. The molecule has 0 aliphatic carbocycles. The summed E-state index contributed by atoms with van der Waals surface area (Å²) in [5, 5.41) is 3.06. The van der Waals surface area contributed by atoms with Crippen LogP contribution in [0.2, 0.25) is 0 Å². The van der Waals surface area contributed by atoms with Gasteiger partial charge in [0.1, 0.15) is 5.82 Å². The zero-order chi connectivity index (χ0) is 20.1. The lowest BCUT2D eigenvalue weighted by Gasteiger charge is -2.30. The van der Waals surface area contributed by atoms with E-state index in [1.54, 1.807) is 6.20 Å². The molecular formula is C24H32N4O. The van der Waals surface area contributed by atoms with E-state index in [0.717, 1.165) is 49.9 Å². The summed E-state index contributed by atoms with van der Waals surface area (Å²) in [7, 11) is 0. The lowest BCUT2D eigenvalue weighted by atomic mass is 10.00. The number of nitrogens with one attached hydrogen (secondary N) is 1. The number of carbonyl (C=O) groups excluding carboxylic acids is 1. The van der Waals surface area contributed by atoms with E-state index in [1.165, 1.54) is 37.9 Å². The Balaban J connectivity index is 1.40. The summed E-state index contributed by atoms with van der Waals surface area (Å²) in [6.45, 7) is 7.63. The van der Waals surface area contributed by atoms with Crippen LogP contribution in [0.25, 0.3) is 0 Å². The van der Waals surface area contributed by atoms with Crippen LogP contribution < -0.4 is 10.2 Å². The van der Waals surface area contributed by atoms with Crippen molar-refractivity contribution in [2.45, 2.75) is 45.6 Å². The molecule has 1 N–H and O–H groups in total. The fraction of sp³-hybridized carbons (Fsp3) is 0.500. The van der Waals surface area contributed by atoms with Crippen molar-refractivity contribution in [2.75, 3.05) is 36.4 Å². The monoisotopic (exact) mass is 392 g/mol. The number of hydrogen-bond donors (Lipinski definition) is 1. The summed E-state index contributed by atoms with van der Waals surface area (Å²) >= 11 is 0. The van der Waals surface area contributed by atoms with Gasteiger partial charge < -0.3 is 10.2 Å². The van der Waals surface area contributed by atoms with Gasteiger partial charge in [-0.3, -0.25) is 9.69 Å². The molecule has 0 radical (unpaired) electrons. The summed E-state index contributed by atoms with van der Waals surface area (Å²) < 4.78 is 0. The number of amides is 1. The minimum Gasteiger partial charge on any atom is -0.356 e. The second kappa shape index (κ2) is 9.40. The molecule has 1 aromatic carbocycles. The number of benzene rings is 1. The SMILES string of the molecule is CC1CCCN(Cc2ccc(NC(=O)c3cccnc3N3CCCCC3)cc2)C1. The summed E-state index contributed by atoms with van der Waals surface area (Å²) in [4.78, 5) is 22.2. The van der Waals surface area contributed by atoms with Gasteiger partial charge in [-0.25, -0.2) is 4.98 Å². The van der Waals surface area contributed by atoms with Crippen LogP contribution in [0.4, 0.5) is 11.5 Å². The highest BCUT2D eigenvalue weighted by Crippen LogP contribution is 2.23. The Kier molecular flexibility index (Phi) is 6.45. The van der Waals surface area contributed by atoms with Gasteiger partial charge in [-0.1, -0.05) is 19.1 Å². The van der Waals surface area contributed by atoms with Crippen molar-refractivity contribution < 1.29 is 4.79 Å². The molecule has 4 rings (SSSR count). The fourth-order valence-corrected chi connectivity index (χ4v) is 4.51. The van der Waals surface area contributed by atoms with Crippen LogP contribution in [-0.2, 0) is 6.54 Å². The van der Waals surface area contributed by atoms with E-state index in [9.17, 15) is 4.79 Å². The third-order valence-corrected chi connectivity index (χ3v) is 6.05. The van der Waals surface area contributed by atoms with Crippen LogP contribution in [0, 0.1) is 5.92 Å². The molecule has 2 aliphatic heterocycles. The van der Waals surface area contributed by atoms with Gasteiger partial charge in [0.15, 0.2) is 0 Å². The molecule has 2 saturated heterocycles. The zero-order valence-corrected chi connectivity index (χ0v) is 17.4. The summed E-state index contributed by atoms with van der Waals surface area (Å²) in [5.74, 6) is 1.51. The normalized spacial score (nSPS) is 20.4. The molecule has 2 fully saturated rings. The number of carbonyl (C=O) groups is 1. The van der Waals surface area contributed by atoms with Crippen molar-refractivity contribution in [3.63, 3.8) is 0 Å². The molecule has 1 unspecified atom stereocenters. The van der Waals surface area contributed by atoms with E-state index in [1.807, 2.05) is 24.3 Å². The maximum atomic E-state index is 12.9. The van der Waals surface area contributed by atoms with Gasteiger partial charge in [-0.2, -0.15) is 0 Å². The third kappa shape index (κ3) is 5.15. The average Bonchev–Trinajstić information content (AvgIpc) is 2.76. The molecule has 1 aromatic heterocycles. The number of piperidine rings is 2. The standard InChI is InChI=1S/C24H32N4O/c1-19-7-6-14-27(17-19)18-20-9-11-21(12-10-20)26-24(29)22-8-5-13-25-23(22)28-15-3-2-4-16-28/h5,8-13,19H,2-4,6-7,14-18H2,1H3,(H,26,29). The first-order valence-corrected chi connectivity index (χ1v) is 11.0. The predicted octanol–water partition coefficient (Wildman–Crippen LogP) is 4.56. The van der Waals surface area contributed by atoms with E-state index >= 15 is 0 Å². The Morgan fingerprint density at radius 2 is 1.86 bits per heavy atom. The second-order valence-corrected chi connectivity index (χ2v) is 8.56. The van der Waals surface area contributed by atoms with E-state index in [0.29, 0.717) is 5.56 Å². The van der Waals surface area contributed by atoms with Crippen molar-refractivity contribution in [3.05, 3.63) is 53.7 Å². The predicted molar refractivity (Wildman–Crippen MR) is 118 cm³/mol. The van der Waals surface area contributed by atoms with Gasteiger partial charge in [0, 0.05) is 38.1 Å². The number of nitrogens with zero attached hydrogens (tertiary/aromatic N) is 3. The number of aromatic nitrogens is 1. The zero-order valence-electron chi connectivity index (χ0n) is 17.4. The van der Waals surface area contributed by atoms with E-state index in [-0.39, 0.29) is 5.91 Å². The molecule has 5 nitrogen and oxygen atoms in total. The van der Waals surface area contributed by atoms with Gasteiger partial charge >= 0.3 is 0 Å². The molecule has 5 heteroatoms. The molecule has 0 bridgehead atoms. The van der Waals surface area contributed by atoms with Gasteiger partial charge in [-0.15, -0.1) is 0 Å². The first-order valence-electron chi connectivity index (χ1n) is 11.0. The minimum atomic E-state index is -0.0868. The highest BCUT2D eigenvalue weighted by atomic mass is 16.1. The van der Waals surface area contributed by atoms with Crippen LogP contribution in [0.1, 0.15) is 54.9 Å². The lowest BCUT2D eigenvalue weighted by molar-refractivity contribution is 0.102. The highest BCUT2D eigenvalue weighted by Gasteiger charge is 2.20. The van der Waals surface area contributed by atoms with Crippen molar-refractivity contribution in [2.24, 2.45) is 5.92 Å². The molecule has 2 aromatic rings. The first kappa shape index (κ1) is 19.9. The molecule has 0 saturated carbocycles. The summed E-state index contributed by atoms with van der Waals surface area (Å²) in [5.41, 5.74) is 2.78. The van der Waals surface area contributed by atoms with Crippen LogP contribution in [0.5, 0.6) is 0 Å². The fourth-order valence-electron chi connectivity index (χ4n) is 4.51. The number of anilines is 2. The second-order valence-electron chi connectivity index (χ2n) is 8.56. The molecule has 2 aliphatic rings. The van der Waals surface area contributed by atoms with Crippen molar-refractivity contribution in [3.8, 4) is 0 Å². The van der Waals surface area contributed by atoms with Crippen molar-refractivity contribution in [1.82, 2.24) is 9.88 Å². The van der Waals surface area contributed by atoms with E-state index < -0.39 is 0 Å². The maximum Gasteiger partial charge on any atom is 0.259 e. The number of rotatable bonds is 5. The third-order valence-electron chi connectivity index (χ3n) is 6.05. The maximum absolute atomic E-state index is 12.9. The van der Waals surface area contributed by atoms with E-state index in [4.69, 9.17) is 0 Å². The smallest absolute Gasteiger partial charge is 0.259 e. The Labute approximate surface area is 174 Å². The van der Waals surface area contributed by atoms with Crippen LogP contribution in [-0.4, -0.2) is 42.0 Å². The number of likely N-dealkylation sites (tertiary alicyclic amines) is 1. The average molecular weight is 393 g/mol. The van der Waals surface area contributed by atoms with Gasteiger partial charge in [-0.05, 0) is 74.4 Å². The van der Waals surface area contributed by atoms with Gasteiger partial charge in [0.05, 0.1) is 5.56 Å². The molecule has 0 spiro atoms. The minimum absolute atomic E-state index is 0.0868. The Morgan fingerprint density at radius 1 is 1.07 bits per heavy atom. The first-order chi connectivity index (χ1) is 14.2. The Morgan fingerprint density at radius 3 is 2.62 bits per heavy atom. The lowest BCUT2D eigenvalue weighted by Crippen LogP contribution is -2.33. The van der Waals surface area contributed by atoms with Crippen molar-refractivity contribution >= 4 is 17.4 Å².